The molecule has 2 rings (SSSR count). The molecule has 1 fully saturated rings. The fourth-order valence-electron chi connectivity index (χ4n) is 2.59. The molecule has 0 aliphatic carbocycles. The molecule has 20 heavy (non-hydrogen) atoms. The van der Waals surface area contributed by atoms with Crippen LogP contribution >= 0.6 is 11.8 Å². The highest BCUT2D eigenvalue weighted by atomic mass is 32.2. The molecule has 108 valence electrons. The van der Waals surface area contributed by atoms with Gasteiger partial charge in [0, 0.05) is 25.1 Å². The summed E-state index contributed by atoms with van der Waals surface area (Å²) < 4.78 is 0. The van der Waals surface area contributed by atoms with E-state index in [4.69, 9.17) is 0 Å². The summed E-state index contributed by atoms with van der Waals surface area (Å²) in [7, 11) is 0. The lowest BCUT2D eigenvalue weighted by Gasteiger charge is -2.25. The zero-order chi connectivity index (χ0) is 14.9. The second-order valence-electron chi connectivity index (χ2n) is 5.50. The van der Waals surface area contributed by atoms with Gasteiger partial charge in [-0.25, -0.2) is 0 Å². The number of hydrogen-bond donors (Lipinski definition) is 0. The number of amides is 1. The van der Waals surface area contributed by atoms with Gasteiger partial charge < -0.3 is 4.90 Å². The molecule has 4 heteroatoms. The number of hydrogen-bond acceptors (Lipinski definition) is 3. The summed E-state index contributed by atoms with van der Waals surface area (Å²) in [5.41, 5.74) is 3.67. The normalized spacial score (nSPS) is 20.3. The molecule has 1 aromatic carbocycles. The number of carbonyl (C=O) groups is 2. The SMILES string of the molecule is CC(=O)SC1CC(=O)N(C(C)c2ccc(C)c(C)c2)C1. The van der Waals surface area contributed by atoms with Gasteiger partial charge in [0.15, 0.2) is 5.12 Å². The molecule has 3 nitrogen and oxygen atoms in total. The molecular formula is C16H21NO2S. The molecule has 1 heterocycles. The fourth-order valence-corrected chi connectivity index (χ4v) is 3.52. The van der Waals surface area contributed by atoms with Gasteiger partial charge in [0.2, 0.25) is 5.91 Å². The van der Waals surface area contributed by atoms with Crippen molar-refractivity contribution in [3.05, 3.63) is 34.9 Å². The molecule has 1 amide bonds. The Morgan fingerprint density at radius 2 is 2.05 bits per heavy atom. The Hall–Kier alpha value is -1.29. The van der Waals surface area contributed by atoms with Crippen LogP contribution in [0.2, 0.25) is 0 Å². The Morgan fingerprint density at radius 1 is 1.35 bits per heavy atom. The van der Waals surface area contributed by atoms with Gasteiger partial charge in [0.1, 0.15) is 0 Å². The predicted molar refractivity (Wildman–Crippen MR) is 82.7 cm³/mol. The van der Waals surface area contributed by atoms with E-state index in [1.54, 1.807) is 6.92 Å². The molecule has 0 N–H and O–H groups in total. The average Bonchev–Trinajstić information content (AvgIpc) is 2.72. The van der Waals surface area contributed by atoms with E-state index < -0.39 is 0 Å². The van der Waals surface area contributed by atoms with Crippen molar-refractivity contribution in [2.45, 2.75) is 45.4 Å². The van der Waals surface area contributed by atoms with Crippen molar-refractivity contribution in [2.75, 3.05) is 6.54 Å². The van der Waals surface area contributed by atoms with Crippen molar-refractivity contribution in [3.8, 4) is 0 Å². The van der Waals surface area contributed by atoms with Crippen molar-refractivity contribution in [2.24, 2.45) is 0 Å². The first kappa shape index (κ1) is 15.1. The number of thioether (sulfide) groups is 1. The van der Waals surface area contributed by atoms with E-state index in [0.717, 1.165) is 5.56 Å². The molecule has 0 radical (unpaired) electrons. The number of likely N-dealkylation sites (tertiary alicyclic amines) is 1. The van der Waals surface area contributed by atoms with Crippen molar-refractivity contribution >= 4 is 22.8 Å². The highest BCUT2D eigenvalue weighted by molar-refractivity contribution is 8.14. The summed E-state index contributed by atoms with van der Waals surface area (Å²) in [5, 5.41) is 0.192. The average molecular weight is 291 g/mol. The van der Waals surface area contributed by atoms with Crippen LogP contribution in [0.4, 0.5) is 0 Å². The molecule has 2 unspecified atom stereocenters. The smallest absolute Gasteiger partial charge is 0.224 e. The number of carbonyl (C=O) groups excluding carboxylic acids is 2. The minimum Gasteiger partial charge on any atom is -0.335 e. The summed E-state index contributed by atoms with van der Waals surface area (Å²) in [5.74, 6) is 0.148. The van der Waals surface area contributed by atoms with Gasteiger partial charge in [-0.05, 0) is 37.5 Å². The molecule has 0 bridgehead atoms. The third kappa shape index (κ3) is 3.23. The Balaban J connectivity index is 2.12. The summed E-state index contributed by atoms with van der Waals surface area (Å²) in [4.78, 5) is 25.2. The van der Waals surface area contributed by atoms with E-state index in [9.17, 15) is 9.59 Å². The quantitative estimate of drug-likeness (QED) is 0.858. The largest absolute Gasteiger partial charge is 0.335 e. The number of rotatable bonds is 3. The van der Waals surface area contributed by atoms with E-state index in [1.165, 1.54) is 22.9 Å². The Kier molecular flexibility index (Phi) is 4.53. The van der Waals surface area contributed by atoms with Crippen molar-refractivity contribution in [1.29, 1.82) is 0 Å². The summed E-state index contributed by atoms with van der Waals surface area (Å²) in [6.45, 7) is 8.46. The van der Waals surface area contributed by atoms with E-state index in [-0.39, 0.29) is 22.3 Å². The topological polar surface area (TPSA) is 37.4 Å². The molecule has 1 aliphatic rings. The van der Waals surface area contributed by atoms with Crippen LogP contribution in [0.5, 0.6) is 0 Å². The Labute approximate surface area is 124 Å². The van der Waals surface area contributed by atoms with E-state index in [0.29, 0.717) is 13.0 Å². The summed E-state index contributed by atoms with van der Waals surface area (Å²) in [6.07, 6.45) is 0.472. The van der Waals surface area contributed by atoms with Crippen LogP contribution < -0.4 is 0 Å². The van der Waals surface area contributed by atoms with Gasteiger partial charge in [0.25, 0.3) is 0 Å². The summed E-state index contributed by atoms with van der Waals surface area (Å²) >= 11 is 1.29. The molecule has 0 spiro atoms. The van der Waals surface area contributed by atoms with Gasteiger partial charge in [-0.2, -0.15) is 0 Å². The van der Waals surface area contributed by atoms with Crippen molar-refractivity contribution in [3.63, 3.8) is 0 Å². The third-order valence-corrected chi connectivity index (χ3v) is 4.92. The van der Waals surface area contributed by atoms with Crippen molar-refractivity contribution < 1.29 is 9.59 Å². The van der Waals surface area contributed by atoms with Crippen LogP contribution in [0.1, 0.15) is 43.0 Å². The van der Waals surface area contributed by atoms with Crippen LogP contribution in [0.25, 0.3) is 0 Å². The second-order valence-corrected chi connectivity index (χ2v) is 6.98. The van der Waals surface area contributed by atoms with Gasteiger partial charge in [0.05, 0.1) is 6.04 Å². The minimum absolute atomic E-state index is 0.0689. The van der Waals surface area contributed by atoms with Crippen LogP contribution in [-0.2, 0) is 9.59 Å². The van der Waals surface area contributed by atoms with Crippen molar-refractivity contribution in [1.82, 2.24) is 4.90 Å². The monoisotopic (exact) mass is 291 g/mol. The summed E-state index contributed by atoms with van der Waals surface area (Å²) in [6, 6.07) is 6.41. The first-order valence-electron chi connectivity index (χ1n) is 6.92. The Bertz CT molecular complexity index is 541. The predicted octanol–water partition coefficient (Wildman–Crippen LogP) is 3.25. The number of benzene rings is 1. The number of nitrogens with zero attached hydrogens (tertiary/aromatic N) is 1. The zero-order valence-electron chi connectivity index (χ0n) is 12.5. The lowest BCUT2D eigenvalue weighted by molar-refractivity contribution is -0.129. The van der Waals surface area contributed by atoms with Gasteiger partial charge in [-0.3, -0.25) is 9.59 Å². The van der Waals surface area contributed by atoms with Gasteiger partial charge in [-0.15, -0.1) is 0 Å². The lowest BCUT2D eigenvalue weighted by Crippen LogP contribution is -2.29. The molecule has 1 saturated heterocycles. The van der Waals surface area contributed by atoms with Crippen LogP contribution in [0.15, 0.2) is 18.2 Å². The molecule has 0 aromatic heterocycles. The maximum absolute atomic E-state index is 12.1. The fraction of sp³-hybridized carbons (Fsp3) is 0.500. The van der Waals surface area contributed by atoms with Crippen LogP contribution in [-0.4, -0.2) is 27.7 Å². The standard InChI is InChI=1S/C16H21NO2S/c1-10-5-6-14(7-11(10)2)12(3)17-9-15(8-16(17)19)20-13(4)18/h5-7,12,15H,8-9H2,1-4H3. The highest BCUT2D eigenvalue weighted by Crippen LogP contribution is 2.31. The van der Waals surface area contributed by atoms with E-state index >= 15 is 0 Å². The van der Waals surface area contributed by atoms with Gasteiger partial charge >= 0.3 is 0 Å². The van der Waals surface area contributed by atoms with Gasteiger partial charge in [-0.1, -0.05) is 30.0 Å². The molecule has 2 atom stereocenters. The minimum atomic E-state index is 0.0689. The Morgan fingerprint density at radius 3 is 2.65 bits per heavy atom. The van der Waals surface area contributed by atoms with E-state index in [1.807, 2.05) is 4.90 Å². The molecule has 1 aromatic rings. The van der Waals surface area contributed by atoms with Crippen LogP contribution in [0, 0.1) is 13.8 Å². The highest BCUT2D eigenvalue weighted by Gasteiger charge is 2.34. The maximum Gasteiger partial charge on any atom is 0.224 e. The molecule has 0 saturated carbocycles. The lowest BCUT2D eigenvalue weighted by atomic mass is 10.0. The molecular weight excluding hydrogens is 270 g/mol. The number of aryl methyl sites for hydroxylation is 2. The first-order chi connectivity index (χ1) is 9.38. The third-order valence-electron chi connectivity index (χ3n) is 3.94. The maximum atomic E-state index is 12.1. The first-order valence-corrected chi connectivity index (χ1v) is 7.80. The van der Waals surface area contributed by atoms with Crippen LogP contribution in [0.3, 0.4) is 0 Å². The second kappa shape index (κ2) is 6.00. The van der Waals surface area contributed by atoms with E-state index in [2.05, 4.69) is 39.0 Å². The molecule has 1 aliphatic heterocycles. The zero-order valence-corrected chi connectivity index (χ0v) is 13.3.